The molecule has 20 heavy (non-hydrogen) atoms. The van der Waals surface area contributed by atoms with Crippen molar-refractivity contribution in [1.82, 2.24) is 0 Å². The van der Waals surface area contributed by atoms with E-state index in [0.29, 0.717) is 5.69 Å². The van der Waals surface area contributed by atoms with Crippen molar-refractivity contribution in [2.24, 2.45) is 0 Å². The number of hydrogen-bond acceptors (Lipinski definition) is 2. The minimum absolute atomic E-state index is 0.0460. The fraction of sp³-hybridized carbons (Fsp3) is 0.188. The van der Waals surface area contributed by atoms with Crippen LogP contribution in [0.4, 0.5) is 16.2 Å². The van der Waals surface area contributed by atoms with Gasteiger partial charge in [0.1, 0.15) is 0 Å². The van der Waals surface area contributed by atoms with Gasteiger partial charge in [0.25, 0.3) is 0 Å². The molecule has 0 fully saturated rings. The molecule has 2 amide bonds. The second-order valence-electron chi connectivity index (χ2n) is 4.49. The molecule has 2 rings (SSSR count). The second kappa shape index (κ2) is 6.73. The number of aliphatic hydroxyl groups excluding tert-OH is 1. The minimum Gasteiger partial charge on any atom is -0.392 e. The SMILES string of the molecule is CCc1ccc(NC(=O)Nc2cccc(CO)c2)cc1. The van der Waals surface area contributed by atoms with E-state index in [9.17, 15) is 4.79 Å². The number of amides is 2. The second-order valence-corrected chi connectivity index (χ2v) is 4.49. The zero-order chi connectivity index (χ0) is 14.4. The molecule has 0 aliphatic heterocycles. The van der Waals surface area contributed by atoms with Crippen molar-refractivity contribution in [1.29, 1.82) is 0 Å². The Morgan fingerprint density at radius 3 is 2.35 bits per heavy atom. The number of rotatable bonds is 4. The molecule has 0 spiro atoms. The number of nitrogens with one attached hydrogen (secondary N) is 2. The predicted molar refractivity (Wildman–Crippen MR) is 80.8 cm³/mol. The monoisotopic (exact) mass is 270 g/mol. The summed E-state index contributed by atoms with van der Waals surface area (Å²) < 4.78 is 0. The first-order valence-corrected chi connectivity index (χ1v) is 6.58. The molecule has 0 saturated carbocycles. The number of carbonyl (C=O) groups is 1. The van der Waals surface area contributed by atoms with E-state index in [1.165, 1.54) is 5.56 Å². The van der Waals surface area contributed by atoms with Gasteiger partial charge in [-0.2, -0.15) is 0 Å². The van der Waals surface area contributed by atoms with Crippen molar-refractivity contribution in [3.63, 3.8) is 0 Å². The molecule has 0 aromatic heterocycles. The van der Waals surface area contributed by atoms with Gasteiger partial charge in [-0.3, -0.25) is 0 Å². The lowest BCUT2D eigenvalue weighted by molar-refractivity contribution is 0.262. The van der Waals surface area contributed by atoms with Gasteiger partial charge in [0.2, 0.25) is 0 Å². The zero-order valence-corrected chi connectivity index (χ0v) is 11.4. The number of aryl methyl sites for hydroxylation is 1. The van der Waals surface area contributed by atoms with Crippen molar-refractivity contribution < 1.29 is 9.90 Å². The number of aliphatic hydroxyl groups is 1. The maximum absolute atomic E-state index is 11.9. The van der Waals surface area contributed by atoms with Gasteiger partial charge in [-0.25, -0.2) is 4.79 Å². The van der Waals surface area contributed by atoms with Crippen LogP contribution in [0.2, 0.25) is 0 Å². The third-order valence-electron chi connectivity index (χ3n) is 2.99. The summed E-state index contributed by atoms with van der Waals surface area (Å²) in [5.41, 5.74) is 3.39. The number of hydrogen-bond donors (Lipinski definition) is 3. The molecule has 0 radical (unpaired) electrons. The summed E-state index contributed by atoms with van der Waals surface area (Å²) in [6, 6.07) is 14.5. The van der Waals surface area contributed by atoms with Crippen LogP contribution in [0.3, 0.4) is 0 Å². The first-order chi connectivity index (χ1) is 9.71. The molecule has 0 aliphatic rings. The molecule has 104 valence electrons. The van der Waals surface area contributed by atoms with Crippen LogP contribution in [0.5, 0.6) is 0 Å². The van der Waals surface area contributed by atoms with Gasteiger partial charge in [-0.05, 0) is 41.8 Å². The van der Waals surface area contributed by atoms with Crippen LogP contribution in [0, 0.1) is 0 Å². The standard InChI is InChI=1S/C16H18N2O2/c1-2-12-6-8-14(9-7-12)17-16(20)18-15-5-3-4-13(10-15)11-19/h3-10,19H,2,11H2,1H3,(H2,17,18,20). The number of carbonyl (C=O) groups excluding carboxylic acids is 1. The molecule has 4 nitrogen and oxygen atoms in total. The molecule has 0 aliphatic carbocycles. The van der Waals surface area contributed by atoms with Gasteiger partial charge in [0.15, 0.2) is 0 Å². The van der Waals surface area contributed by atoms with Crippen molar-refractivity contribution in [2.45, 2.75) is 20.0 Å². The molecule has 3 N–H and O–H groups in total. The van der Waals surface area contributed by atoms with Gasteiger partial charge >= 0.3 is 6.03 Å². The van der Waals surface area contributed by atoms with E-state index >= 15 is 0 Å². The summed E-state index contributed by atoms with van der Waals surface area (Å²) >= 11 is 0. The van der Waals surface area contributed by atoms with Crippen molar-refractivity contribution in [3.8, 4) is 0 Å². The normalized spacial score (nSPS) is 10.1. The molecule has 2 aromatic carbocycles. The van der Waals surface area contributed by atoms with E-state index in [1.807, 2.05) is 24.3 Å². The minimum atomic E-state index is -0.302. The van der Waals surface area contributed by atoms with Gasteiger partial charge in [0.05, 0.1) is 6.61 Å². The largest absolute Gasteiger partial charge is 0.392 e. The van der Waals surface area contributed by atoms with E-state index in [4.69, 9.17) is 5.11 Å². The molecule has 0 atom stereocenters. The zero-order valence-electron chi connectivity index (χ0n) is 11.4. The number of benzene rings is 2. The highest BCUT2D eigenvalue weighted by Crippen LogP contribution is 2.13. The maximum Gasteiger partial charge on any atom is 0.323 e. The van der Waals surface area contributed by atoms with Crippen LogP contribution < -0.4 is 10.6 Å². The summed E-state index contributed by atoms with van der Waals surface area (Å²) in [6.07, 6.45) is 0.973. The highest BCUT2D eigenvalue weighted by molar-refractivity contribution is 5.99. The Labute approximate surface area is 118 Å². The van der Waals surface area contributed by atoms with Crippen LogP contribution in [0.1, 0.15) is 18.1 Å². The average molecular weight is 270 g/mol. The van der Waals surface area contributed by atoms with Gasteiger partial charge in [-0.15, -0.1) is 0 Å². The molecule has 0 bridgehead atoms. The first kappa shape index (κ1) is 14.1. The summed E-state index contributed by atoms with van der Waals surface area (Å²) in [5, 5.41) is 14.6. The quantitative estimate of drug-likeness (QED) is 0.797. The van der Waals surface area contributed by atoms with Crippen LogP contribution in [-0.4, -0.2) is 11.1 Å². The maximum atomic E-state index is 11.9. The fourth-order valence-corrected chi connectivity index (χ4v) is 1.86. The predicted octanol–water partition coefficient (Wildman–Crippen LogP) is 3.39. The average Bonchev–Trinajstić information content (AvgIpc) is 2.48. The van der Waals surface area contributed by atoms with E-state index in [1.54, 1.807) is 24.3 Å². The number of anilines is 2. The van der Waals surface area contributed by atoms with E-state index in [-0.39, 0.29) is 12.6 Å². The first-order valence-electron chi connectivity index (χ1n) is 6.58. The van der Waals surface area contributed by atoms with Crippen molar-refractivity contribution >= 4 is 17.4 Å². The molecule has 4 heteroatoms. The summed E-state index contributed by atoms with van der Waals surface area (Å²) in [6.45, 7) is 2.04. The lowest BCUT2D eigenvalue weighted by Crippen LogP contribution is -2.19. The highest BCUT2D eigenvalue weighted by Gasteiger charge is 2.03. The molecule has 2 aromatic rings. The van der Waals surface area contributed by atoms with E-state index in [2.05, 4.69) is 17.6 Å². The van der Waals surface area contributed by atoms with Crippen LogP contribution in [-0.2, 0) is 13.0 Å². The lowest BCUT2D eigenvalue weighted by atomic mass is 10.1. The lowest BCUT2D eigenvalue weighted by Gasteiger charge is -2.09. The Morgan fingerprint density at radius 2 is 1.70 bits per heavy atom. The molecule has 0 heterocycles. The Morgan fingerprint density at radius 1 is 1.00 bits per heavy atom. The summed E-state index contributed by atoms with van der Waals surface area (Å²) in [5.74, 6) is 0. The topological polar surface area (TPSA) is 61.4 Å². The van der Waals surface area contributed by atoms with Gasteiger partial charge < -0.3 is 15.7 Å². The summed E-state index contributed by atoms with van der Waals surface area (Å²) in [7, 11) is 0. The van der Waals surface area contributed by atoms with Crippen LogP contribution in [0.25, 0.3) is 0 Å². The highest BCUT2D eigenvalue weighted by atomic mass is 16.3. The third-order valence-corrected chi connectivity index (χ3v) is 2.99. The number of urea groups is 1. The van der Waals surface area contributed by atoms with Gasteiger partial charge in [0, 0.05) is 11.4 Å². The smallest absolute Gasteiger partial charge is 0.323 e. The fourth-order valence-electron chi connectivity index (χ4n) is 1.86. The van der Waals surface area contributed by atoms with Crippen molar-refractivity contribution in [2.75, 3.05) is 10.6 Å². The molecular weight excluding hydrogens is 252 g/mol. The van der Waals surface area contributed by atoms with E-state index < -0.39 is 0 Å². The molecule has 0 unspecified atom stereocenters. The Bertz CT molecular complexity index is 579. The Kier molecular flexibility index (Phi) is 4.74. The Balaban J connectivity index is 1.97. The molecular formula is C16H18N2O2. The van der Waals surface area contributed by atoms with Crippen molar-refractivity contribution in [3.05, 3.63) is 59.7 Å². The Hall–Kier alpha value is -2.33. The van der Waals surface area contributed by atoms with Crippen LogP contribution >= 0.6 is 0 Å². The molecule has 0 saturated heterocycles. The summed E-state index contributed by atoms with van der Waals surface area (Å²) in [4.78, 5) is 11.9. The third kappa shape index (κ3) is 3.83. The van der Waals surface area contributed by atoms with Gasteiger partial charge in [-0.1, -0.05) is 31.2 Å². The van der Waals surface area contributed by atoms with Crippen LogP contribution in [0.15, 0.2) is 48.5 Å². The van der Waals surface area contributed by atoms with E-state index in [0.717, 1.165) is 17.7 Å².